The summed E-state index contributed by atoms with van der Waals surface area (Å²) in [5, 5.41) is 20.7. The van der Waals surface area contributed by atoms with Crippen LogP contribution in [0, 0.1) is 21.4 Å². The lowest BCUT2D eigenvalue weighted by atomic mass is 10.2. The van der Waals surface area contributed by atoms with Crippen molar-refractivity contribution < 1.29 is 4.92 Å². The maximum absolute atomic E-state index is 10.7. The number of thiazole rings is 1. The van der Waals surface area contributed by atoms with E-state index in [1.807, 2.05) is 24.3 Å². The van der Waals surface area contributed by atoms with Gasteiger partial charge in [-0.1, -0.05) is 23.5 Å². The fourth-order valence-electron chi connectivity index (χ4n) is 1.79. The van der Waals surface area contributed by atoms with Crippen LogP contribution < -0.4 is 0 Å². The SMILES string of the molecule is N#C/C(=C/c1ccc([N+](=O)[O-])s1)c1nc2ccccc2s1. The number of nitrogens with zero attached hydrogens (tertiary/aromatic N) is 3. The van der Waals surface area contributed by atoms with E-state index in [1.54, 1.807) is 12.1 Å². The Balaban J connectivity index is 2.02. The monoisotopic (exact) mass is 313 g/mol. The average molecular weight is 313 g/mol. The third-order valence-corrected chi connectivity index (χ3v) is 4.78. The molecule has 0 N–H and O–H groups in total. The first-order valence-electron chi connectivity index (χ1n) is 5.89. The number of allylic oxidation sites excluding steroid dienone is 1. The quantitative estimate of drug-likeness (QED) is 0.409. The molecule has 0 saturated heterocycles. The van der Waals surface area contributed by atoms with E-state index in [4.69, 9.17) is 0 Å². The lowest BCUT2D eigenvalue weighted by Crippen LogP contribution is -1.80. The van der Waals surface area contributed by atoms with Gasteiger partial charge in [-0.05, 0) is 24.3 Å². The second kappa shape index (κ2) is 5.44. The van der Waals surface area contributed by atoms with Crippen molar-refractivity contribution in [2.24, 2.45) is 0 Å². The van der Waals surface area contributed by atoms with Gasteiger partial charge in [-0.3, -0.25) is 10.1 Å². The van der Waals surface area contributed by atoms with Crippen molar-refractivity contribution in [1.29, 1.82) is 5.26 Å². The van der Waals surface area contributed by atoms with Crippen LogP contribution in [0.5, 0.6) is 0 Å². The predicted octanol–water partition coefficient (Wildman–Crippen LogP) is 4.33. The second-order valence-electron chi connectivity index (χ2n) is 4.09. The third kappa shape index (κ3) is 2.67. The van der Waals surface area contributed by atoms with Gasteiger partial charge in [-0.15, -0.1) is 11.3 Å². The number of hydrogen-bond acceptors (Lipinski definition) is 6. The molecule has 0 amide bonds. The first-order valence-corrected chi connectivity index (χ1v) is 7.52. The Labute approximate surface area is 127 Å². The fourth-order valence-corrected chi connectivity index (χ4v) is 3.49. The standard InChI is InChI=1S/C14H7N3O2S2/c15-8-9(7-10-5-6-13(20-10)17(18)19)14-16-11-3-1-2-4-12(11)21-14/h1-7H/b9-7-. The highest BCUT2D eigenvalue weighted by molar-refractivity contribution is 7.19. The van der Waals surface area contributed by atoms with Gasteiger partial charge >= 0.3 is 5.00 Å². The molecule has 1 aromatic carbocycles. The number of para-hydroxylation sites is 1. The molecule has 0 aliphatic heterocycles. The van der Waals surface area contributed by atoms with Crippen LogP contribution in [-0.2, 0) is 0 Å². The molecule has 7 heteroatoms. The highest BCUT2D eigenvalue weighted by Gasteiger charge is 2.12. The molecule has 0 atom stereocenters. The average Bonchev–Trinajstić information content (AvgIpc) is 3.11. The molecule has 0 radical (unpaired) electrons. The molecule has 102 valence electrons. The summed E-state index contributed by atoms with van der Waals surface area (Å²) >= 11 is 2.47. The van der Waals surface area contributed by atoms with E-state index < -0.39 is 4.92 Å². The minimum atomic E-state index is -0.439. The fraction of sp³-hybridized carbons (Fsp3) is 0. The van der Waals surface area contributed by atoms with Crippen LogP contribution in [0.1, 0.15) is 9.88 Å². The van der Waals surface area contributed by atoms with Crippen molar-refractivity contribution in [2.75, 3.05) is 0 Å². The van der Waals surface area contributed by atoms with E-state index in [9.17, 15) is 15.4 Å². The van der Waals surface area contributed by atoms with Crippen LogP contribution in [0.15, 0.2) is 36.4 Å². The van der Waals surface area contributed by atoms with E-state index in [0.717, 1.165) is 21.6 Å². The molecule has 2 heterocycles. The molecule has 0 aliphatic carbocycles. The van der Waals surface area contributed by atoms with Crippen molar-refractivity contribution in [2.45, 2.75) is 0 Å². The summed E-state index contributed by atoms with van der Waals surface area (Å²) < 4.78 is 1.01. The van der Waals surface area contributed by atoms with Crippen molar-refractivity contribution in [3.8, 4) is 6.07 Å². The number of hydrogen-bond donors (Lipinski definition) is 0. The van der Waals surface area contributed by atoms with Crippen LogP contribution in [-0.4, -0.2) is 9.91 Å². The largest absolute Gasteiger partial charge is 0.324 e. The summed E-state index contributed by atoms with van der Waals surface area (Å²) in [5.41, 5.74) is 1.25. The number of thiophene rings is 1. The van der Waals surface area contributed by atoms with Gasteiger partial charge in [0, 0.05) is 10.9 Å². The van der Waals surface area contributed by atoms with Gasteiger partial charge in [-0.25, -0.2) is 4.98 Å². The molecule has 0 unspecified atom stereocenters. The van der Waals surface area contributed by atoms with E-state index >= 15 is 0 Å². The molecule has 21 heavy (non-hydrogen) atoms. The molecule has 0 spiro atoms. The summed E-state index contributed by atoms with van der Waals surface area (Å²) in [4.78, 5) is 15.3. The number of rotatable bonds is 3. The maximum atomic E-state index is 10.7. The first-order chi connectivity index (χ1) is 10.2. The second-order valence-corrected chi connectivity index (χ2v) is 6.21. The smallest absolute Gasteiger partial charge is 0.258 e. The molecular weight excluding hydrogens is 306 g/mol. The molecule has 0 fully saturated rings. The summed E-state index contributed by atoms with van der Waals surface area (Å²) in [7, 11) is 0. The molecule has 3 rings (SSSR count). The molecule has 3 aromatic rings. The van der Waals surface area contributed by atoms with Crippen LogP contribution in [0.3, 0.4) is 0 Å². The van der Waals surface area contributed by atoms with Crippen molar-refractivity contribution in [3.63, 3.8) is 0 Å². The van der Waals surface area contributed by atoms with Gasteiger partial charge in [0.25, 0.3) is 0 Å². The topological polar surface area (TPSA) is 79.8 Å². The highest BCUT2D eigenvalue weighted by atomic mass is 32.1. The van der Waals surface area contributed by atoms with Gasteiger partial charge in [-0.2, -0.15) is 5.26 Å². The van der Waals surface area contributed by atoms with Gasteiger partial charge in [0.15, 0.2) is 0 Å². The lowest BCUT2D eigenvalue weighted by Gasteiger charge is -1.90. The minimum absolute atomic E-state index is 0.0582. The number of nitro groups is 1. The molecule has 0 aliphatic rings. The Bertz CT molecular complexity index is 869. The van der Waals surface area contributed by atoms with E-state index in [-0.39, 0.29) is 5.00 Å². The zero-order valence-electron chi connectivity index (χ0n) is 10.5. The number of benzene rings is 1. The van der Waals surface area contributed by atoms with Crippen molar-refractivity contribution in [1.82, 2.24) is 4.98 Å². The summed E-state index contributed by atoms with van der Waals surface area (Å²) in [6.45, 7) is 0. The summed E-state index contributed by atoms with van der Waals surface area (Å²) in [6, 6.07) is 12.8. The Kier molecular flexibility index (Phi) is 3.48. The number of nitriles is 1. The van der Waals surface area contributed by atoms with Crippen LogP contribution >= 0.6 is 22.7 Å². The van der Waals surface area contributed by atoms with E-state index in [0.29, 0.717) is 15.5 Å². The van der Waals surface area contributed by atoms with Crippen LogP contribution in [0.2, 0.25) is 0 Å². The Morgan fingerprint density at radius 3 is 2.76 bits per heavy atom. The third-order valence-electron chi connectivity index (χ3n) is 2.72. The molecular formula is C14H7N3O2S2. The minimum Gasteiger partial charge on any atom is -0.258 e. The van der Waals surface area contributed by atoms with E-state index in [2.05, 4.69) is 11.1 Å². The zero-order valence-corrected chi connectivity index (χ0v) is 12.1. The van der Waals surface area contributed by atoms with Gasteiger partial charge in [0.1, 0.15) is 11.1 Å². The molecule has 0 saturated carbocycles. The van der Waals surface area contributed by atoms with Crippen LogP contribution in [0.4, 0.5) is 5.00 Å². The molecule has 5 nitrogen and oxygen atoms in total. The van der Waals surface area contributed by atoms with Gasteiger partial charge < -0.3 is 0 Å². The summed E-state index contributed by atoms with van der Waals surface area (Å²) in [6.07, 6.45) is 1.63. The normalized spacial score (nSPS) is 11.5. The number of fused-ring (bicyclic) bond motifs is 1. The van der Waals surface area contributed by atoms with Gasteiger partial charge in [0.05, 0.1) is 20.7 Å². The lowest BCUT2D eigenvalue weighted by molar-refractivity contribution is -0.380. The van der Waals surface area contributed by atoms with Crippen LogP contribution in [0.25, 0.3) is 21.9 Å². The maximum Gasteiger partial charge on any atom is 0.324 e. The van der Waals surface area contributed by atoms with Crippen molar-refractivity contribution in [3.05, 3.63) is 56.4 Å². The predicted molar refractivity (Wildman–Crippen MR) is 84.1 cm³/mol. The molecule has 0 bridgehead atoms. The first kappa shape index (κ1) is 13.4. The Morgan fingerprint density at radius 2 is 2.10 bits per heavy atom. The van der Waals surface area contributed by atoms with E-state index in [1.165, 1.54) is 17.4 Å². The Hall–Kier alpha value is -2.56. The molecule has 2 aromatic heterocycles. The number of aromatic nitrogens is 1. The van der Waals surface area contributed by atoms with Gasteiger partial charge in [0.2, 0.25) is 0 Å². The highest BCUT2D eigenvalue weighted by Crippen LogP contribution is 2.31. The Morgan fingerprint density at radius 1 is 1.29 bits per heavy atom. The summed E-state index contributed by atoms with van der Waals surface area (Å²) in [5.74, 6) is 0. The van der Waals surface area contributed by atoms with Crippen molar-refractivity contribution >= 4 is 49.5 Å². The zero-order chi connectivity index (χ0) is 14.8.